The molecule has 5 heteroatoms. The second-order valence-electron chi connectivity index (χ2n) is 5.56. The third-order valence-corrected chi connectivity index (χ3v) is 4.20. The van der Waals surface area contributed by atoms with Crippen molar-refractivity contribution in [2.75, 3.05) is 47.6 Å². The maximum absolute atomic E-state index is 13.1. The van der Waals surface area contributed by atoms with E-state index in [0.717, 1.165) is 24.2 Å². The number of nitrogens with zero attached hydrogens (tertiary/aromatic N) is 1. The third kappa shape index (κ3) is 3.42. The fourth-order valence-corrected chi connectivity index (χ4v) is 2.78. The molecule has 1 aliphatic carbocycles. The molecule has 1 aliphatic rings. The van der Waals surface area contributed by atoms with E-state index in [1.54, 1.807) is 21.3 Å². The number of methoxy groups -OCH3 is 3. The maximum atomic E-state index is 13.1. The molecule has 0 heterocycles. The van der Waals surface area contributed by atoms with Gasteiger partial charge in [0.05, 0.1) is 25.7 Å². The Hall–Kier alpha value is -1.59. The lowest BCUT2D eigenvalue weighted by Gasteiger charge is -2.28. The van der Waals surface area contributed by atoms with Gasteiger partial charge in [-0.1, -0.05) is 18.2 Å². The molecule has 2 rings (SSSR count). The summed E-state index contributed by atoms with van der Waals surface area (Å²) in [5, 5.41) is 0. The minimum absolute atomic E-state index is 0.145. The number of carbonyl (C=O) groups is 1. The van der Waals surface area contributed by atoms with Gasteiger partial charge in [-0.15, -0.1) is 0 Å². The van der Waals surface area contributed by atoms with Gasteiger partial charge in [0.2, 0.25) is 5.91 Å². The number of hydrogen-bond acceptors (Lipinski definition) is 4. The second-order valence-corrected chi connectivity index (χ2v) is 5.56. The van der Waals surface area contributed by atoms with Crippen LogP contribution in [0.3, 0.4) is 0 Å². The van der Waals surface area contributed by atoms with Gasteiger partial charge in [0.1, 0.15) is 5.75 Å². The summed E-state index contributed by atoms with van der Waals surface area (Å²) in [5.74, 6) is 0.929. The van der Waals surface area contributed by atoms with Crippen LogP contribution < -0.4 is 4.74 Å². The zero-order chi connectivity index (χ0) is 16.0. The first-order valence-electron chi connectivity index (χ1n) is 7.60. The van der Waals surface area contributed by atoms with E-state index in [2.05, 4.69) is 0 Å². The van der Waals surface area contributed by atoms with E-state index in [-0.39, 0.29) is 5.91 Å². The standard InChI is InChI=1S/C17H25NO4/c1-20-12-10-18(11-13-21-2)16(19)17(8-9-17)14-6-4-5-7-15(14)22-3/h4-7H,8-13H2,1-3H3. The monoisotopic (exact) mass is 307 g/mol. The van der Waals surface area contributed by atoms with E-state index in [4.69, 9.17) is 14.2 Å². The number of benzene rings is 1. The van der Waals surface area contributed by atoms with Crippen LogP contribution in [0.15, 0.2) is 24.3 Å². The highest BCUT2D eigenvalue weighted by atomic mass is 16.5. The fourth-order valence-electron chi connectivity index (χ4n) is 2.78. The third-order valence-electron chi connectivity index (χ3n) is 4.20. The lowest BCUT2D eigenvalue weighted by molar-refractivity contribution is -0.135. The first-order valence-corrected chi connectivity index (χ1v) is 7.60. The molecule has 0 unspecified atom stereocenters. The highest BCUT2D eigenvalue weighted by Gasteiger charge is 2.54. The molecule has 0 aromatic heterocycles. The van der Waals surface area contributed by atoms with Gasteiger partial charge >= 0.3 is 0 Å². The largest absolute Gasteiger partial charge is 0.496 e. The van der Waals surface area contributed by atoms with Crippen molar-refractivity contribution in [2.24, 2.45) is 0 Å². The summed E-state index contributed by atoms with van der Waals surface area (Å²) in [6.07, 6.45) is 1.73. The molecule has 0 radical (unpaired) electrons. The fraction of sp³-hybridized carbons (Fsp3) is 0.588. The van der Waals surface area contributed by atoms with Crippen LogP contribution in [0.4, 0.5) is 0 Å². The van der Waals surface area contributed by atoms with Gasteiger partial charge in [0.15, 0.2) is 0 Å². The van der Waals surface area contributed by atoms with E-state index < -0.39 is 5.41 Å². The Labute approximate surface area is 132 Å². The molecule has 5 nitrogen and oxygen atoms in total. The van der Waals surface area contributed by atoms with Crippen molar-refractivity contribution in [1.29, 1.82) is 0 Å². The van der Waals surface area contributed by atoms with Crippen molar-refractivity contribution < 1.29 is 19.0 Å². The van der Waals surface area contributed by atoms with Gasteiger partial charge in [0, 0.05) is 32.9 Å². The number of rotatable bonds is 9. The molecule has 122 valence electrons. The lowest BCUT2D eigenvalue weighted by atomic mass is 9.93. The molecule has 22 heavy (non-hydrogen) atoms. The molecular weight excluding hydrogens is 282 g/mol. The minimum Gasteiger partial charge on any atom is -0.496 e. The molecule has 1 amide bonds. The van der Waals surface area contributed by atoms with Crippen molar-refractivity contribution >= 4 is 5.91 Å². The number of ether oxygens (including phenoxy) is 3. The summed E-state index contributed by atoms with van der Waals surface area (Å²) in [4.78, 5) is 14.9. The molecule has 1 fully saturated rings. The Morgan fingerprint density at radius 3 is 2.18 bits per heavy atom. The Morgan fingerprint density at radius 2 is 1.68 bits per heavy atom. The van der Waals surface area contributed by atoms with Crippen LogP contribution in [0, 0.1) is 0 Å². The topological polar surface area (TPSA) is 48.0 Å². The van der Waals surface area contributed by atoms with Crippen molar-refractivity contribution in [1.82, 2.24) is 4.90 Å². The Morgan fingerprint density at radius 1 is 1.09 bits per heavy atom. The summed E-state index contributed by atoms with van der Waals surface area (Å²) < 4.78 is 15.7. The molecule has 1 aromatic rings. The predicted molar refractivity (Wildman–Crippen MR) is 84.2 cm³/mol. The van der Waals surface area contributed by atoms with E-state index in [1.807, 2.05) is 29.2 Å². The minimum atomic E-state index is -0.436. The molecule has 0 saturated heterocycles. The Balaban J connectivity index is 2.20. The van der Waals surface area contributed by atoms with Gasteiger partial charge in [-0.3, -0.25) is 4.79 Å². The Kier molecular flexibility index (Phi) is 5.80. The predicted octanol–water partition coefficient (Wildman–Crippen LogP) is 1.85. The molecule has 0 bridgehead atoms. The van der Waals surface area contributed by atoms with E-state index >= 15 is 0 Å². The highest BCUT2D eigenvalue weighted by Crippen LogP contribution is 2.52. The Bertz CT molecular complexity index is 491. The van der Waals surface area contributed by atoms with Crippen molar-refractivity contribution in [3.8, 4) is 5.75 Å². The average Bonchev–Trinajstić information content (AvgIpc) is 3.36. The number of amides is 1. The highest BCUT2D eigenvalue weighted by molar-refractivity contribution is 5.92. The zero-order valence-corrected chi connectivity index (χ0v) is 13.6. The summed E-state index contributed by atoms with van der Waals surface area (Å²) in [6, 6.07) is 7.79. The summed E-state index contributed by atoms with van der Waals surface area (Å²) in [6.45, 7) is 2.21. The van der Waals surface area contributed by atoms with Gasteiger partial charge in [-0.05, 0) is 18.9 Å². The first-order chi connectivity index (χ1) is 10.7. The van der Waals surface area contributed by atoms with Gasteiger partial charge in [-0.2, -0.15) is 0 Å². The molecule has 0 spiro atoms. The zero-order valence-electron chi connectivity index (χ0n) is 13.6. The van der Waals surface area contributed by atoms with Gasteiger partial charge in [-0.25, -0.2) is 0 Å². The number of hydrogen-bond donors (Lipinski definition) is 0. The SMILES string of the molecule is COCCN(CCOC)C(=O)C1(c2ccccc2OC)CC1. The first kappa shape index (κ1) is 16.8. The average molecular weight is 307 g/mol. The van der Waals surface area contributed by atoms with E-state index in [9.17, 15) is 4.79 Å². The van der Waals surface area contributed by atoms with Crippen LogP contribution in [0.1, 0.15) is 18.4 Å². The summed E-state index contributed by atoms with van der Waals surface area (Å²) in [5.41, 5.74) is 0.552. The molecule has 0 N–H and O–H groups in total. The summed E-state index contributed by atoms with van der Waals surface area (Å²) in [7, 11) is 4.94. The quantitative estimate of drug-likeness (QED) is 0.698. The van der Waals surface area contributed by atoms with Gasteiger partial charge < -0.3 is 19.1 Å². The second kappa shape index (κ2) is 7.61. The molecule has 1 aromatic carbocycles. The normalized spacial score (nSPS) is 15.4. The maximum Gasteiger partial charge on any atom is 0.233 e. The number of para-hydroxylation sites is 1. The molecular formula is C17H25NO4. The van der Waals surface area contributed by atoms with Crippen LogP contribution in [0.2, 0.25) is 0 Å². The van der Waals surface area contributed by atoms with Crippen LogP contribution in [-0.4, -0.2) is 58.4 Å². The van der Waals surface area contributed by atoms with Crippen LogP contribution in [-0.2, 0) is 19.7 Å². The number of carbonyl (C=O) groups excluding carboxylic acids is 1. The van der Waals surface area contributed by atoms with E-state index in [0.29, 0.717) is 26.3 Å². The molecule has 0 atom stereocenters. The molecule has 1 saturated carbocycles. The van der Waals surface area contributed by atoms with E-state index in [1.165, 1.54) is 0 Å². The van der Waals surface area contributed by atoms with Crippen LogP contribution >= 0.6 is 0 Å². The van der Waals surface area contributed by atoms with Crippen molar-refractivity contribution in [3.05, 3.63) is 29.8 Å². The smallest absolute Gasteiger partial charge is 0.233 e. The summed E-state index contributed by atoms with van der Waals surface area (Å²) >= 11 is 0. The van der Waals surface area contributed by atoms with Crippen LogP contribution in [0.5, 0.6) is 5.75 Å². The van der Waals surface area contributed by atoms with Crippen molar-refractivity contribution in [3.63, 3.8) is 0 Å². The lowest BCUT2D eigenvalue weighted by Crippen LogP contribution is -2.43. The molecule has 0 aliphatic heterocycles. The van der Waals surface area contributed by atoms with Crippen LogP contribution in [0.25, 0.3) is 0 Å². The van der Waals surface area contributed by atoms with Crippen molar-refractivity contribution in [2.45, 2.75) is 18.3 Å². The van der Waals surface area contributed by atoms with Gasteiger partial charge in [0.25, 0.3) is 0 Å².